The summed E-state index contributed by atoms with van der Waals surface area (Å²) in [6.45, 7) is 0. The second kappa shape index (κ2) is 4.09. The van der Waals surface area contributed by atoms with Crippen LogP contribution in [0, 0.1) is 10.1 Å². The minimum Gasteiger partial charge on any atom is -0.349 e. The summed E-state index contributed by atoms with van der Waals surface area (Å²) in [5.41, 5.74) is 0.599. The van der Waals surface area contributed by atoms with Gasteiger partial charge >= 0.3 is 0 Å². The van der Waals surface area contributed by atoms with Crippen LogP contribution in [0.2, 0.25) is 5.02 Å². The number of halogens is 1. The maximum Gasteiger partial charge on any atom is 0.269 e. The zero-order chi connectivity index (χ0) is 11.7. The highest BCUT2D eigenvalue weighted by Gasteiger charge is 2.25. The van der Waals surface area contributed by atoms with E-state index in [2.05, 4.69) is 5.32 Å². The molecule has 0 bridgehead atoms. The highest BCUT2D eigenvalue weighted by molar-refractivity contribution is 6.31. The highest BCUT2D eigenvalue weighted by atomic mass is 35.5. The van der Waals surface area contributed by atoms with Gasteiger partial charge in [-0.3, -0.25) is 14.9 Å². The van der Waals surface area contributed by atoms with Gasteiger partial charge in [0.2, 0.25) is 5.91 Å². The average molecular weight is 241 g/mol. The largest absolute Gasteiger partial charge is 0.349 e. The third kappa shape index (κ3) is 1.99. The van der Waals surface area contributed by atoms with Gasteiger partial charge in [-0.25, -0.2) is 0 Å². The molecular weight excluding hydrogens is 232 g/mol. The number of hydrogen-bond acceptors (Lipinski definition) is 3. The fraction of sp³-hybridized carbons (Fsp3) is 0.300. The number of carbonyl (C=O) groups excluding carboxylic acids is 1. The molecule has 1 aliphatic rings. The number of amides is 1. The van der Waals surface area contributed by atoms with E-state index in [1.165, 1.54) is 18.2 Å². The first-order chi connectivity index (χ1) is 7.58. The van der Waals surface area contributed by atoms with Crippen LogP contribution >= 0.6 is 11.6 Å². The molecule has 1 unspecified atom stereocenters. The van der Waals surface area contributed by atoms with Crippen molar-refractivity contribution in [3.8, 4) is 0 Å². The van der Waals surface area contributed by atoms with Crippen LogP contribution in [0.4, 0.5) is 5.69 Å². The van der Waals surface area contributed by atoms with E-state index in [-0.39, 0.29) is 17.6 Å². The third-order valence-corrected chi connectivity index (χ3v) is 2.91. The molecule has 1 amide bonds. The number of hydrogen-bond donors (Lipinski definition) is 1. The number of benzene rings is 1. The van der Waals surface area contributed by atoms with Gasteiger partial charge in [-0.15, -0.1) is 0 Å². The Bertz CT molecular complexity index is 461. The molecule has 1 aromatic rings. The van der Waals surface area contributed by atoms with E-state index in [1.807, 2.05) is 0 Å². The molecule has 0 aromatic heterocycles. The van der Waals surface area contributed by atoms with Crippen molar-refractivity contribution >= 4 is 23.2 Å². The molecule has 1 aliphatic heterocycles. The van der Waals surface area contributed by atoms with E-state index in [0.29, 0.717) is 23.4 Å². The maximum absolute atomic E-state index is 11.1. The second-order valence-electron chi connectivity index (χ2n) is 3.62. The summed E-state index contributed by atoms with van der Waals surface area (Å²) < 4.78 is 0. The van der Waals surface area contributed by atoms with Gasteiger partial charge in [-0.2, -0.15) is 0 Å². The molecule has 2 rings (SSSR count). The van der Waals surface area contributed by atoms with Gasteiger partial charge in [0.15, 0.2) is 0 Å². The van der Waals surface area contributed by atoms with Crippen LogP contribution < -0.4 is 5.32 Å². The quantitative estimate of drug-likeness (QED) is 0.636. The monoisotopic (exact) mass is 240 g/mol. The zero-order valence-corrected chi connectivity index (χ0v) is 9.03. The van der Waals surface area contributed by atoms with Gasteiger partial charge in [-0.05, 0) is 18.1 Å². The van der Waals surface area contributed by atoms with Crippen molar-refractivity contribution in [2.24, 2.45) is 0 Å². The number of nitro groups is 1. The first kappa shape index (κ1) is 10.9. The highest BCUT2D eigenvalue weighted by Crippen LogP contribution is 2.32. The summed E-state index contributed by atoms with van der Waals surface area (Å²) in [5.74, 6) is -0.0485. The molecular formula is C10H9ClN2O3. The first-order valence-electron chi connectivity index (χ1n) is 4.81. The van der Waals surface area contributed by atoms with Crippen LogP contribution in [0.25, 0.3) is 0 Å². The molecule has 1 N–H and O–H groups in total. The summed E-state index contributed by atoms with van der Waals surface area (Å²) in [6.07, 6.45) is 1.06. The molecule has 1 heterocycles. The van der Waals surface area contributed by atoms with Gasteiger partial charge in [0.1, 0.15) is 0 Å². The fourth-order valence-electron chi connectivity index (χ4n) is 1.76. The Morgan fingerprint density at radius 1 is 1.50 bits per heavy atom. The predicted molar refractivity (Wildman–Crippen MR) is 58.2 cm³/mol. The van der Waals surface area contributed by atoms with Crippen molar-refractivity contribution in [1.82, 2.24) is 5.32 Å². The van der Waals surface area contributed by atoms with Crippen molar-refractivity contribution in [3.63, 3.8) is 0 Å². The van der Waals surface area contributed by atoms with E-state index in [9.17, 15) is 14.9 Å². The van der Waals surface area contributed by atoms with Crippen LogP contribution in [-0.2, 0) is 4.79 Å². The maximum atomic E-state index is 11.1. The third-order valence-electron chi connectivity index (χ3n) is 2.56. The smallest absolute Gasteiger partial charge is 0.269 e. The molecule has 6 heteroatoms. The lowest BCUT2D eigenvalue weighted by molar-refractivity contribution is -0.384. The van der Waals surface area contributed by atoms with Crippen LogP contribution in [-0.4, -0.2) is 10.8 Å². The zero-order valence-electron chi connectivity index (χ0n) is 8.27. The molecule has 0 saturated carbocycles. The predicted octanol–water partition coefficient (Wildman–Crippen LogP) is 2.20. The lowest BCUT2D eigenvalue weighted by Gasteiger charge is -2.11. The summed E-state index contributed by atoms with van der Waals surface area (Å²) in [4.78, 5) is 21.2. The average Bonchev–Trinajstić information content (AvgIpc) is 2.65. The van der Waals surface area contributed by atoms with Gasteiger partial charge in [-0.1, -0.05) is 11.6 Å². The SMILES string of the molecule is O=C1CCC(c2cc([N+](=O)[O-])ccc2Cl)N1. The van der Waals surface area contributed by atoms with Crippen molar-refractivity contribution < 1.29 is 9.72 Å². The topological polar surface area (TPSA) is 72.2 Å². The van der Waals surface area contributed by atoms with Gasteiger partial charge < -0.3 is 5.32 Å². The van der Waals surface area contributed by atoms with Crippen LogP contribution in [0.5, 0.6) is 0 Å². The number of rotatable bonds is 2. The Kier molecular flexibility index (Phi) is 2.78. The molecule has 16 heavy (non-hydrogen) atoms. The summed E-state index contributed by atoms with van der Waals surface area (Å²) in [6, 6.07) is 4.04. The Balaban J connectivity index is 2.35. The Morgan fingerprint density at radius 3 is 2.81 bits per heavy atom. The fourth-order valence-corrected chi connectivity index (χ4v) is 2.01. The number of nitrogens with one attached hydrogen (secondary N) is 1. The molecule has 1 fully saturated rings. The van der Waals surface area contributed by atoms with Gasteiger partial charge in [0.05, 0.1) is 11.0 Å². The molecule has 0 spiro atoms. The van der Waals surface area contributed by atoms with Crippen molar-refractivity contribution in [3.05, 3.63) is 38.9 Å². The van der Waals surface area contributed by atoms with E-state index in [4.69, 9.17) is 11.6 Å². The molecule has 0 radical (unpaired) electrons. The Morgan fingerprint density at radius 2 is 2.25 bits per heavy atom. The number of carbonyl (C=O) groups is 1. The second-order valence-corrected chi connectivity index (χ2v) is 4.03. The standard InChI is InChI=1S/C10H9ClN2O3/c11-8-2-1-6(13(15)16)5-7(8)9-3-4-10(14)12-9/h1-2,5,9H,3-4H2,(H,12,14). The van der Waals surface area contributed by atoms with Crippen LogP contribution in [0.3, 0.4) is 0 Å². The van der Waals surface area contributed by atoms with Gasteiger partial charge in [0, 0.05) is 23.6 Å². The Hall–Kier alpha value is -1.62. The number of nitrogens with zero attached hydrogens (tertiary/aromatic N) is 1. The van der Waals surface area contributed by atoms with Crippen LogP contribution in [0.1, 0.15) is 24.4 Å². The van der Waals surface area contributed by atoms with Crippen molar-refractivity contribution in [2.75, 3.05) is 0 Å². The van der Waals surface area contributed by atoms with E-state index in [1.54, 1.807) is 0 Å². The lowest BCUT2D eigenvalue weighted by atomic mass is 10.0. The number of non-ortho nitro benzene ring substituents is 1. The molecule has 5 nitrogen and oxygen atoms in total. The summed E-state index contributed by atoms with van der Waals surface area (Å²) in [5, 5.41) is 13.8. The van der Waals surface area contributed by atoms with Crippen molar-refractivity contribution in [2.45, 2.75) is 18.9 Å². The lowest BCUT2D eigenvalue weighted by Crippen LogP contribution is -2.18. The minimum absolute atomic E-state index is 0.0134. The Labute approximate surface area is 96.6 Å². The van der Waals surface area contributed by atoms with E-state index < -0.39 is 4.92 Å². The summed E-state index contributed by atoms with van der Waals surface area (Å²) in [7, 11) is 0. The number of nitro benzene ring substituents is 1. The van der Waals surface area contributed by atoms with Crippen molar-refractivity contribution in [1.29, 1.82) is 0 Å². The molecule has 1 saturated heterocycles. The molecule has 1 aromatic carbocycles. The van der Waals surface area contributed by atoms with E-state index >= 15 is 0 Å². The minimum atomic E-state index is -0.476. The normalized spacial score (nSPS) is 19.6. The first-order valence-corrected chi connectivity index (χ1v) is 5.19. The van der Waals surface area contributed by atoms with E-state index in [0.717, 1.165) is 0 Å². The van der Waals surface area contributed by atoms with Crippen LogP contribution in [0.15, 0.2) is 18.2 Å². The molecule has 0 aliphatic carbocycles. The summed E-state index contributed by atoms with van der Waals surface area (Å²) >= 11 is 5.95. The molecule has 84 valence electrons. The molecule has 1 atom stereocenters. The van der Waals surface area contributed by atoms with Gasteiger partial charge in [0.25, 0.3) is 5.69 Å².